The van der Waals surface area contributed by atoms with Crippen LogP contribution in [0.2, 0.25) is 0 Å². The van der Waals surface area contributed by atoms with Gasteiger partial charge in [0.1, 0.15) is 0 Å². The number of nitrogens with one attached hydrogen (secondary N) is 2. The van der Waals surface area contributed by atoms with Gasteiger partial charge in [-0.15, -0.1) is 0 Å². The van der Waals surface area contributed by atoms with Gasteiger partial charge in [-0.3, -0.25) is 0 Å². The van der Waals surface area contributed by atoms with E-state index in [1.54, 1.807) is 7.11 Å². The number of hydrogen-bond acceptors (Lipinski definition) is 3. The van der Waals surface area contributed by atoms with Crippen LogP contribution in [-0.4, -0.2) is 45.1 Å². The third kappa shape index (κ3) is 9.52. The summed E-state index contributed by atoms with van der Waals surface area (Å²) in [5.74, 6) is 0. The van der Waals surface area contributed by atoms with Gasteiger partial charge < -0.3 is 20.1 Å². The van der Waals surface area contributed by atoms with Crippen LogP contribution in [0.15, 0.2) is 0 Å². The maximum atomic E-state index is 5.13. The first-order chi connectivity index (χ1) is 6.31. The first-order valence-electron chi connectivity index (χ1n) is 4.39. The average molecular weight is 206 g/mol. The summed E-state index contributed by atoms with van der Waals surface area (Å²) in [6.07, 6.45) is 0. The zero-order valence-electron chi connectivity index (χ0n) is 8.26. The second-order valence-electron chi connectivity index (χ2n) is 2.37. The average Bonchev–Trinajstić information content (AvgIpc) is 2.13. The summed E-state index contributed by atoms with van der Waals surface area (Å²) in [5, 5.41) is 6.67. The van der Waals surface area contributed by atoms with Gasteiger partial charge in [0.2, 0.25) is 0 Å². The first-order valence-corrected chi connectivity index (χ1v) is 4.80. The summed E-state index contributed by atoms with van der Waals surface area (Å²) < 4.78 is 10.00. The summed E-state index contributed by atoms with van der Waals surface area (Å²) in [6, 6.07) is 0. The highest BCUT2D eigenvalue weighted by Crippen LogP contribution is 1.72. The minimum atomic E-state index is 0.650. The minimum absolute atomic E-state index is 0.650. The molecule has 0 saturated heterocycles. The molecule has 0 rings (SSSR count). The lowest BCUT2D eigenvalue weighted by molar-refractivity contribution is 0.152. The van der Waals surface area contributed by atoms with Gasteiger partial charge in [0, 0.05) is 26.8 Å². The molecule has 0 bridgehead atoms. The molecule has 0 aromatic carbocycles. The molecule has 4 nitrogen and oxygen atoms in total. The van der Waals surface area contributed by atoms with Crippen molar-refractivity contribution in [3.05, 3.63) is 0 Å². The fraction of sp³-hybridized carbons (Fsp3) is 0.875. The van der Waals surface area contributed by atoms with E-state index in [0.29, 0.717) is 18.3 Å². The summed E-state index contributed by atoms with van der Waals surface area (Å²) in [5.41, 5.74) is 0. The molecular weight excluding hydrogens is 188 g/mol. The van der Waals surface area contributed by atoms with Crippen molar-refractivity contribution >= 4 is 17.3 Å². The first kappa shape index (κ1) is 12.6. The molecule has 0 aromatic heterocycles. The van der Waals surface area contributed by atoms with Crippen LogP contribution >= 0.6 is 12.2 Å². The van der Waals surface area contributed by atoms with E-state index in [0.717, 1.165) is 19.7 Å². The Morgan fingerprint density at radius 1 is 1.23 bits per heavy atom. The lowest BCUT2D eigenvalue weighted by Crippen LogP contribution is -2.38. The van der Waals surface area contributed by atoms with Crippen LogP contribution in [0.4, 0.5) is 0 Å². The fourth-order valence-electron chi connectivity index (χ4n) is 0.710. The van der Waals surface area contributed by atoms with Gasteiger partial charge in [0.15, 0.2) is 5.11 Å². The van der Waals surface area contributed by atoms with Crippen molar-refractivity contribution < 1.29 is 9.47 Å². The predicted molar refractivity (Wildman–Crippen MR) is 57.0 cm³/mol. The molecule has 0 aromatic rings. The molecule has 2 N–H and O–H groups in total. The molecule has 5 heteroatoms. The van der Waals surface area contributed by atoms with E-state index in [4.69, 9.17) is 21.7 Å². The molecule has 0 aliphatic heterocycles. The summed E-state index contributed by atoms with van der Waals surface area (Å²) in [6.45, 7) is 5.53. The highest BCUT2D eigenvalue weighted by Gasteiger charge is 1.92. The van der Waals surface area contributed by atoms with E-state index < -0.39 is 0 Å². The van der Waals surface area contributed by atoms with Crippen molar-refractivity contribution in [2.45, 2.75) is 6.92 Å². The lowest BCUT2D eigenvalue weighted by atomic mass is 10.6. The second kappa shape index (κ2) is 9.70. The van der Waals surface area contributed by atoms with Gasteiger partial charge in [-0.1, -0.05) is 0 Å². The van der Waals surface area contributed by atoms with E-state index in [2.05, 4.69) is 10.6 Å². The van der Waals surface area contributed by atoms with Gasteiger partial charge in [-0.05, 0) is 19.1 Å². The fourth-order valence-corrected chi connectivity index (χ4v) is 0.914. The lowest BCUT2D eigenvalue weighted by Gasteiger charge is -2.09. The van der Waals surface area contributed by atoms with E-state index >= 15 is 0 Å². The van der Waals surface area contributed by atoms with Gasteiger partial charge >= 0.3 is 0 Å². The summed E-state index contributed by atoms with van der Waals surface area (Å²) in [4.78, 5) is 0. The molecule has 0 radical (unpaired) electrons. The Morgan fingerprint density at radius 2 is 1.85 bits per heavy atom. The largest absolute Gasteiger partial charge is 0.383 e. The maximum Gasteiger partial charge on any atom is 0.166 e. The SMILES string of the molecule is CCOCCNC(=S)NCCOC. The van der Waals surface area contributed by atoms with E-state index in [1.165, 1.54) is 0 Å². The molecule has 78 valence electrons. The van der Waals surface area contributed by atoms with Crippen LogP contribution in [0.3, 0.4) is 0 Å². The van der Waals surface area contributed by atoms with Crippen molar-refractivity contribution in [2.75, 3.05) is 40.0 Å². The Hall–Kier alpha value is -0.390. The Morgan fingerprint density at radius 3 is 2.38 bits per heavy atom. The van der Waals surface area contributed by atoms with Crippen molar-refractivity contribution in [3.8, 4) is 0 Å². The van der Waals surface area contributed by atoms with Gasteiger partial charge in [0.25, 0.3) is 0 Å². The smallest absolute Gasteiger partial charge is 0.166 e. The van der Waals surface area contributed by atoms with Gasteiger partial charge in [-0.25, -0.2) is 0 Å². The molecule has 0 amide bonds. The highest BCUT2D eigenvalue weighted by molar-refractivity contribution is 7.80. The number of hydrogen-bond donors (Lipinski definition) is 2. The van der Waals surface area contributed by atoms with Crippen LogP contribution in [0.1, 0.15) is 6.92 Å². The van der Waals surface area contributed by atoms with Gasteiger partial charge in [-0.2, -0.15) is 0 Å². The monoisotopic (exact) mass is 206 g/mol. The molecule has 0 heterocycles. The van der Waals surface area contributed by atoms with E-state index in [-0.39, 0.29) is 0 Å². The topological polar surface area (TPSA) is 42.5 Å². The quantitative estimate of drug-likeness (QED) is 0.458. The molecule has 0 fully saturated rings. The predicted octanol–water partition coefficient (Wildman–Crippen LogP) is 0.133. The molecule has 0 saturated carbocycles. The molecule has 0 atom stereocenters. The molecule has 0 aliphatic rings. The standard InChI is InChI=1S/C8H18N2O2S/c1-3-12-7-5-10-8(13)9-4-6-11-2/h3-7H2,1-2H3,(H2,9,10,13). The summed E-state index contributed by atoms with van der Waals surface area (Å²) >= 11 is 4.98. The van der Waals surface area contributed by atoms with Crippen LogP contribution in [0.25, 0.3) is 0 Å². The Balaban J connectivity index is 3.11. The van der Waals surface area contributed by atoms with Crippen molar-refractivity contribution in [2.24, 2.45) is 0 Å². The van der Waals surface area contributed by atoms with Gasteiger partial charge in [0.05, 0.1) is 13.2 Å². The Labute approximate surface area is 85.0 Å². The zero-order valence-corrected chi connectivity index (χ0v) is 9.08. The van der Waals surface area contributed by atoms with Crippen LogP contribution < -0.4 is 10.6 Å². The minimum Gasteiger partial charge on any atom is -0.383 e. The molecular formula is C8H18N2O2S. The number of methoxy groups -OCH3 is 1. The van der Waals surface area contributed by atoms with Crippen LogP contribution in [-0.2, 0) is 9.47 Å². The number of ether oxygens (including phenoxy) is 2. The van der Waals surface area contributed by atoms with Crippen LogP contribution in [0.5, 0.6) is 0 Å². The van der Waals surface area contributed by atoms with Crippen molar-refractivity contribution in [1.29, 1.82) is 0 Å². The molecule has 13 heavy (non-hydrogen) atoms. The normalized spacial score (nSPS) is 9.69. The summed E-state index contributed by atoms with van der Waals surface area (Å²) in [7, 11) is 1.66. The van der Waals surface area contributed by atoms with Crippen molar-refractivity contribution in [3.63, 3.8) is 0 Å². The Bertz CT molecular complexity index is 133. The van der Waals surface area contributed by atoms with E-state index in [9.17, 15) is 0 Å². The third-order valence-electron chi connectivity index (χ3n) is 1.33. The molecule has 0 aliphatic carbocycles. The number of rotatable bonds is 7. The molecule has 0 spiro atoms. The van der Waals surface area contributed by atoms with Crippen LogP contribution in [0, 0.1) is 0 Å². The third-order valence-corrected chi connectivity index (χ3v) is 1.62. The maximum absolute atomic E-state index is 5.13. The Kier molecular flexibility index (Phi) is 9.41. The zero-order chi connectivity index (χ0) is 9.94. The van der Waals surface area contributed by atoms with E-state index in [1.807, 2.05) is 6.92 Å². The second-order valence-corrected chi connectivity index (χ2v) is 2.78. The van der Waals surface area contributed by atoms with Crippen molar-refractivity contribution in [1.82, 2.24) is 10.6 Å². The molecule has 0 unspecified atom stereocenters. The highest BCUT2D eigenvalue weighted by atomic mass is 32.1. The number of thiocarbonyl (C=S) groups is 1.